The molecule has 3 nitrogen and oxygen atoms in total. The van der Waals surface area contributed by atoms with Gasteiger partial charge in [-0.15, -0.1) is 10.2 Å². The SMILES string of the molecule is Cc1ccc(-n2c(SCc3ccc(C)c(C)c3)nnc2-c2ccc(Cl)cc2)cc1. The van der Waals surface area contributed by atoms with E-state index in [0.29, 0.717) is 5.02 Å². The number of nitrogens with zero attached hydrogens (tertiary/aromatic N) is 3. The average Bonchev–Trinajstić information content (AvgIpc) is 3.14. The zero-order chi connectivity index (χ0) is 20.4. The van der Waals surface area contributed by atoms with Gasteiger partial charge >= 0.3 is 0 Å². The van der Waals surface area contributed by atoms with Crippen LogP contribution in [0.4, 0.5) is 0 Å². The first-order chi connectivity index (χ1) is 14.0. The molecule has 0 N–H and O–H groups in total. The number of hydrogen-bond donors (Lipinski definition) is 0. The lowest BCUT2D eigenvalue weighted by molar-refractivity contribution is 0.885. The minimum atomic E-state index is 0.708. The number of halogens is 1. The maximum atomic E-state index is 6.07. The van der Waals surface area contributed by atoms with Crippen LogP contribution in [0.2, 0.25) is 5.02 Å². The lowest BCUT2D eigenvalue weighted by Crippen LogP contribution is -2.00. The fourth-order valence-corrected chi connectivity index (χ4v) is 4.14. The summed E-state index contributed by atoms with van der Waals surface area (Å²) in [6, 6.07) is 22.8. The standard InChI is InChI=1S/C24H22ClN3S/c1-16-4-12-22(13-5-16)28-23(20-8-10-21(25)11-9-20)26-27-24(28)29-15-19-7-6-17(2)18(3)14-19/h4-14H,15H2,1-3H3. The molecule has 0 amide bonds. The van der Waals surface area contributed by atoms with Crippen molar-refractivity contribution in [3.8, 4) is 17.1 Å². The van der Waals surface area contributed by atoms with Gasteiger partial charge in [0, 0.05) is 22.0 Å². The lowest BCUT2D eigenvalue weighted by Gasteiger charge is -2.11. The molecule has 0 aliphatic rings. The highest BCUT2D eigenvalue weighted by atomic mass is 35.5. The summed E-state index contributed by atoms with van der Waals surface area (Å²) in [4.78, 5) is 0. The van der Waals surface area contributed by atoms with Crippen LogP contribution >= 0.6 is 23.4 Å². The van der Waals surface area contributed by atoms with Crippen LogP contribution in [-0.2, 0) is 5.75 Å². The van der Waals surface area contributed by atoms with Crippen LogP contribution in [0, 0.1) is 20.8 Å². The second-order valence-corrected chi connectivity index (χ2v) is 8.57. The molecular formula is C24H22ClN3S. The molecule has 0 aliphatic heterocycles. The molecule has 1 heterocycles. The molecule has 0 bridgehead atoms. The Hall–Kier alpha value is -2.56. The van der Waals surface area contributed by atoms with E-state index in [1.807, 2.05) is 24.3 Å². The fraction of sp³-hybridized carbons (Fsp3) is 0.167. The summed E-state index contributed by atoms with van der Waals surface area (Å²) in [5.41, 5.74) is 7.16. The Morgan fingerprint density at radius 3 is 2.24 bits per heavy atom. The quantitative estimate of drug-likeness (QED) is 0.333. The third kappa shape index (κ3) is 4.39. The van der Waals surface area contributed by atoms with Crippen molar-refractivity contribution in [2.45, 2.75) is 31.7 Å². The number of aromatic nitrogens is 3. The fourth-order valence-electron chi connectivity index (χ4n) is 3.12. The van der Waals surface area contributed by atoms with Crippen molar-refractivity contribution >= 4 is 23.4 Å². The van der Waals surface area contributed by atoms with Crippen LogP contribution < -0.4 is 0 Å². The Balaban J connectivity index is 1.72. The highest BCUT2D eigenvalue weighted by Gasteiger charge is 2.16. The van der Waals surface area contributed by atoms with Crippen LogP contribution in [0.15, 0.2) is 71.9 Å². The topological polar surface area (TPSA) is 30.7 Å². The average molecular weight is 420 g/mol. The second kappa shape index (κ2) is 8.44. The summed E-state index contributed by atoms with van der Waals surface area (Å²) >= 11 is 7.77. The van der Waals surface area contributed by atoms with E-state index in [9.17, 15) is 0 Å². The summed E-state index contributed by atoms with van der Waals surface area (Å²) in [6.07, 6.45) is 0. The smallest absolute Gasteiger partial charge is 0.196 e. The Morgan fingerprint density at radius 1 is 0.828 bits per heavy atom. The lowest BCUT2D eigenvalue weighted by atomic mass is 10.1. The molecule has 29 heavy (non-hydrogen) atoms. The molecule has 4 rings (SSSR count). The van der Waals surface area contributed by atoms with Gasteiger partial charge in [-0.3, -0.25) is 4.57 Å². The van der Waals surface area contributed by atoms with Crippen molar-refractivity contribution in [1.82, 2.24) is 14.8 Å². The van der Waals surface area contributed by atoms with Crippen LogP contribution in [0.25, 0.3) is 17.1 Å². The first-order valence-corrected chi connectivity index (χ1v) is 10.8. The van der Waals surface area contributed by atoms with Gasteiger partial charge in [-0.25, -0.2) is 0 Å². The van der Waals surface area contributed by atoms with Gasteiger partial charge in [0.1, 0.15) is 0 Å². The Kier molecular flexibility index (Phi) is 5.74. The minimum absolute atomic E-state index is 0.708. The van der Waals surface area contributed by atoms with E-state index in [0.717, 1.165) is 28.0 Å². The first kappa shape index (κ1) is 19.7. The summed E-state index contributed by atoms with van der Waals surface area (Å²) in [6.45, 7) is 6.38. The number of hydrogen-bond acceptors (Lipinski definition) is 3. The Labute approximate surface area is 180 Å². The highest BCUT2D eigenvalue weighted by Crippen LogP contribution is 2.30. The number of aryl methyl sites for hydroxylation is 3. The van der Waals surface area contributed by atoms with Crippen LogP contribution in [0.3, 0.4) is 0 Å². The molecule has 0 radical (unpaired) electrons. The predicted octanol–water partition coefficient (Wildman–Crippen LogP) is 6.81. The number of rotatable bonds is 5. The molecule has 4 aromatic rings. The van der Waals surface area contributed by atoms with Crippen molar-refractivity contribution in [2.24, 2.45) is 0 Å². The molecule has 146 valence electrons. The Morgan fingerprint density at radius 2 is 1.55 bits per heavy atom. The minimum Gasteiger partial charge on any atom is -0.270 e. The summed E-state index contributed by atoms with van der Waals surface area (Å²) in [7, 11) is 0. The van der Waals surface area contributed by atoms with Crippen molar-refractivity contribution in [1.29, 1.82) is 0 Å². The van der Waals surface area contributed by atoms with Gasteiger partial charge in [0.05, 0.1) is 0 Å². The molecule has 0 aliphatic carbocycles. The zero-order valence-corrected chi connectivity index (χ0v) is 18.3. The van der Waals surface area contributed by atoms with E-state index in [-0.39, 0.29) is 0 Å². The zero-order valence-electron chi connectivity index (χ0n) is 16.7. The summed E-state index contributed by atoms with van der Waals surface area (Å²) in [5, 5.41) is 10.6. The third-order valence-electron chi connectivity index (χ3n) is 4.97. The maximum Gasteiger partial charge on any atom is 0.196 e. The molecule has 0 saturated heterocycles. The van der Waals surface area contributed by atoms with Crippen molar-refractivity contribution < 1.29 is 0 Å². The normalized spacial score (nSPS) is 11.0. The van der Waals surface area contributed by atoms with E-state index < -0.39 is 0 Å². The van der Waals surface area contributed by atoms with Gasteiger partial charge in [0.2, 0.25) is 0 Å². The first-order valence-electron chi connectivity index (χ1n) is 9.48. The Bertz CT molecular complexity index is 1130. The van der Waals surface area contributed by atoms with E-state index >= 15 is 0 Å². The molecule has 0 atom stereocenters. The van der Waals surface area contributed by atoms with Crippen LogP contribution in [-0.4, -0.2) is 14.8 Å². The molecule has 3 aromatic carbocycles. The number of benzene rings is 3. The molecule has 5 heteroatoms. The molecular weight excluding hydrogens is 398 g/mol. The van der Waals surface area contributed by atoms with E-state index in [1.165, 1.54) is 22.3 Å². The second-order valence-electron chi connectivity index (χ2n) is 7.19. The van der Waals surface area contributed by atoms with Crippen LogP contribution in [0.1, 0.15) is 22.3 Å². The third-order valence-corrected chi connectivity index (χ3v) is 6.22. The summed E-state index contributed by atoms with van der Waals surface area (Å²) in [5.74, 6) is 1.65. The van der Waals surface area contributed by atoms with E-state index in [4.69, 9.17) is 11.6 Å². The van der Waals surface area contributed by atoms with Gasteiger partial charge < -0.3 is 0 Å². The number of thioether (sulfide) groups is 1. The molecule has 0 spiro atoms. The van der Waals surface area contributed by atoms with Gasteiger partial charge in [-0.1, -0.05) is 59.3 Å². The molecule has 0 fully saturated rings. The molecule has 1 aromatic heterocycles. The van der Waals surface area contributed by atoms with Gasteiger partial charge in [-0.05, 0) is 73.9 Å². The van der Waals surface area contributed by atoms with E-state index in [2.05, 4.69) is 78.0 Å². The van der Waals surface area contributed by atoms with Crippen LogP contribution in [0.5, 0.6) is 0 Å². The van der Waals surface area contributed by atoms with Gasteiger partial charge in [0.25, 0.3) is 0 Å². The predicted molar refractivity (Wildman–Crippen MR) is 122 cm³/mol. The highest BCUT2D eigenvalue weighted by molar-refractivity contribution is 7.98. The van der Waals surface area contributed by atoms with Gasteiger partial charge in [-0.2, -0.15) is 0 Å². The largest absolute Gasteiger partial charge is 0.270 e. The van der Waals surface area contributed by atoms with E-state index in [1.54, 1.807) is 11.8 Å². The van der Waals surface area contributed by atoms with Crippen molar-refractivity contribution in [2.75, 3.05) is 0 Å². The van der Waals surface area contributed by atoms with Gasteiger partial charge in [0.15, 0.2) is 11.0 Å². The maximum absolute atomic E-state index is 6.07. The van der Waals surface area contributed by atoms with Crippen molar-refractivity contribution in [3.05, 3.63) is 94.0 Å². The molecule has 0 unspecified atom stereocenters. The monoisotopic (exact) mass is 419 g/mol. The molecule has 0 saturated carbocycles. The summed E-state index contributed by atoms with van der Waals surface area (Å²) < 4.78 is 2.12. The van der Waals surface area contributed by atoms with Crippen molar-refractivity contribution in [3.63, 3.8) is 0 Å².